The number of halogens is 11. The Balaban J connectivity index is 3.15. The number of amides is 1. The Labute approximate surface area is 143 Å². The van der Waals surface area contributed by atoms with E-state index in [0.29, 0.717) is 0 Å². The number of hydrogen-bond acceptors (Lipinski definition) is 2. The molecule has 27 heavy (non-hydrogen) atoms. The maximum Gasteiger partial charge on any atom is 0.462 e. The Bertz CT molecular complexity index is 656. The van der Waals surface area contributed by atoms with Crippen molar-refractivity contribution in [1.82, 2.24) is 5.32 Å². The lowest BCUT2D eigenvalue weighted by Gasteiger charge is -2.34. The molecule has 0 aliphatic carbocycles. The first-order valence-electron chi connectivity index (χ1n) is 6.56. The molecular weight excluding hydrogens is 411 g/mol. The van der Waals surface area contributed by atoms with E-state index in [-0.39, 0.29) is 5.56 Å². The van der Waals surface area contributed by atoms with Crippen molar-refractivity contribution in [2.24, 2.45) is 0 Å². The van der Waals surface area contributed by atoms with Crippen LogP contribution in [0.5, 0.6) is 0 Å². The number of ether oxygens (including phenoxy) is 1. The normalized spacial score (nSPS) is 16.0. The van der Waals surface area contributed by atoms with Gasteiger partial charge in [0.25, 0.3) is 5.91 Å². The minimum atomic E-state index is -7.22. The van der Waals surface area contributed by atoms with Crippen LogP contribution in [0.2, 0.25) is 0 Å². The third-order valence-electron chi connectivity index (χ3n) is 2.94. The van der Waals surface area contributed by atoms with Gasteiger partial charge < -0.3 is 5.32 Å². The summed E-state index contributed by atoms with van der Waals surface area (Å²) in [7, 11) is 0. The van der Waals surface area contributed by atoms with Crippen LogP contribution in [-0.4, -0.2) is 36.1 Å². The van der Waals surface area contributed by atoms with Gasteiger partial charge in [-0.2, -0.15) is 48.3 Å². The maximum atomic E-state index is 13.9. The van der Waals surface area contributed by atoms with E-state index in [1.807, 2.05) is 0 Å². The van der Waals surface area contributed by atoms with E-state index >= 15 is 0 Å². The van der Waals surface area contributed by atoms with Gasteiger partial charge in [0.15, 0.2) is 0 Å². The molecule has 0 aliphatic heterocycles. The molecule has 1 N–H and O–H groups in total. The molecule has 1 rings (SSSR count). The number of benzene rings is 1. The SMILES string of the molecule is O=C(NCc1ccccc1)C(F)(OC(F)(F)C(F)(F)C(F)(F)F)C(F)(F)F. The molecule has 0 aliphatic rings. The molecule has 1 aromatic carbocycles. The summed E-state index contributed by atoms with van der Waals surface area (Å²) in [6.45, 7) is -0.897. The smallest absolute Gasteiger partial charge is 0.347 e. The Morgan fingerprint density at radius 1 is 0.815 bits per heavy atom. The van der Waals surface area contributed by atoms with Crippen molar-refractivity contribution in [3.05, 3.63) is 35.9 Å². The molecule has 1 amide bonds. The van der Waals surface area contributed by atoms with Gasteiger partial charge in [-0.1, -0.05) is 30.3 Å². The summed E-state index contributed by atoms with van der Waals surface area (Å²) in [4.78, 5) is 11.3. The number of hydrogen-bond donors (Lipinski definition) is 1. The number of carbonyl (C=O) groups is 1. The van der Waals surface area contributed by atoms with Crippen LogP contribution in [-0.2, 0) is 16.1 Å². The average Bonchev–Trinajstić information content (AvgIpc) is 2.50. The summed E-state index contributed by atoms with van der Waals surface area (Å²) in [5.41, 5.74) is 0.0303. The summed E-state index contributed by atoms with van der Waals surface area (Å²) in [5.74, 6) is -16.5. The molecule has 0 fully saturated rings. The molecule has 0 spiro atoms. The van der Waals surface area contributed by atoms with Gasteiger partial charge in [-0.05, 0) is 5.56 Å². The Morgan fingerprint density at radius 2 is 1.30 bits per heavy atom. The van der Waals surface area contributed by atoms with Crippen molar-refractivity contribution < 1.29 is 57.8 Å². The van der Waals surface area contributed by atoms with Crippen LogP contribution in [0, 0.1) is 0 Å². The molecule has 1 atom stereocenters. The quantitative estimate of drug-likeness (QED) is 0.697. The Morgan fingerprint density at radius 3 is 1.70 bits per heavy atom. The second-order valence-electron chi connectivity index (χ2n) is 4.95. The van der Waals surface area contributed by atoms with Crippen LogP contribution in [0.3, 0.4) is 0 Å². The minimum absolute atomic E-state index is 0.0303. The van der Waals surface area contributed by atoms with Crippen molar-refractivity contribution in [2.75, 3.05) is 0 Å². The molecule has 1 unspecified atom stereocenters. The van der Waals surface area contributed by atoms with Crippen molar-refractivity contribution in [1.29, 1.82) is 0 Å². The van der Waals surface area contributed by atoms with E-state index in [2.05, 4.69) is 4.74 Å². The molecular formula is C13H8F11NO2. The van der Waals surface area contributed by atoms with Crippen molar-refractivity contribution in [3.63, 3.8) is 0 Å². The van der Waals surface area contributed by atoms with Crippen LogP contribution >= 0.6 is 0 Å². The first-order chi connectivity index (χ1) is 12.0. The molecule has 0 saturated heterocycles. The number of carbonyl (C=O) groups excluding carboxylic acids is 1. The Kier molecular flexibility index (Phi) is 6.05. The van der Waals surface area contributed by atoms with Gasteiger partial charge in [0.05, 0.1) is 0 Å². The summed E-state index contributed by atoms with van der Waals surface area (Å²) in [5, 5.41) is 1.14. The van der Waals surface area contributed by atoms with E-state index in [9.17, 15) is 53.1 Å². The average molecular weight is 419 g/mol. The molecule has 3 nitrogen and oxygen atoms in total. The summed E-state index contributed by atoms with van der Waals surface area (Å²) < 4.78 is 141. The number of alkyl halides is 11. The van der Waals surface area contributed by atoms with Gasteiger partial charge in [-0.3, -0.25) is 9.53 Å². The first-order valence-corrected chi connectivity index (χ1v) is 6.56. The highest BCUT2D eigenvalue weighted by Gasteiger charge is 2.79. The van der Waals surface area contributed by atoms with Crippen LogP contribution in [0.1, 0.15) is 5.56 Å². The molecule has 154 valence electrons. The zero-order valence-corrected chi connectivity index (χ0v) is 12.6. The molecule has 0 saturated carbocycles. The zero-order chi connectivity index (χ0) is 21.3. The lowest BCUT2D eigenvalue weighted by molar-refractivity contribution is -0.473. The first kappa shape index (κ1) is 22.9. The van der Waals surface area contributed by atoms with Crippen molar-refractivity contribution in [3.8, 4) is 0 Å². The second-order valence-corrected chi connectivity index (χ2v) is 4.95. The van der Waals surface area contributed by atoms with Crippen LogP contribution in [0.4, 0.5) is 48.3 Å². The minimum Gasteiger partial charge on any atom is -0.347 e. The molecule has 0 aromatic heterocycles. The standard InChI is InChI=1S/C13H8F11NO2/c14-9(11(17,18)19,8(26)25-6-7-4-2-1-3-5-7)27-13(23,24)10(15,16)12(20,21)22/h1-5H,6H2,(H,25,26). The van der Waals surface area contributed by atoms with Crippen molar-refractivity contribution in [2.45, 2.75) is 36.8 Å². The maximum absolute atomic E-state index is 13.9. The molecule has 0 radical (unpaired) electrons. The molecule has 14 heteroatoms. The number of nitrogens with one attached hydrogen (secondary N) is 1. The molecule has 0 heterocycles. The topological polar surface area (TPSA) is 38.3 Å². The largest absolute Gasteiger partial charge is 0.462 e. The van der Waals surface area contributed by atoms with E-state index in [0.717, 1.165) is 5.32 Å². The van der Waals surface area contributed by atoms with Crippen LogP contribution < -0.4 is 5.32 Å². The fourth-order valence-electron chi connectivity index (χ4n) is 1.53. The Hall–Kier alpha value is -2.12. The van der Waals surface area contributed by atoms with Crippen LogP contribution in [0.25, 0.3) is 0 Å². The van der Waals surface area contributed by atoms with Gasteiger partial charge in [0, 0.05) is 6.54 Å². The summed E-state index contributed by atoms with van der Waals surface area (Å²) >= 11 is 0. The van der Waals surface area contributed by atoms with Gasteiger partial charge in [0.1, 0.15) is 0 Å². The fourth-order valence-corrected chi connectivity index (χ4v) is 1.53. The highest BCUT2D eigenvalue weighted by Crippen LogP contribution is 2.50. The summed E-state index contributed by atoms with van der Waals surface area (Å²) in [6, 6.07) is 6.47. The third kappa shape index (κ3) is 4.59. The lowest BCUT2D eigenvalue weighted by atomic mass is 10.2. The highest BCUT2D eigenvalue weighted by atomic mass is 19.4. The lowest BCUT2D eigenvalue weighted by Crippen LogP contribution is -2.63. The van der Waals surface area contributed by atoms with Crippen LogP contribution in [0.15, 0.2) is 30.3 Å². The fraction of sp³-hybridized carbons (Fsp3) is 0.462. The predicted molar refractivity (Wildman–Crippen MR) is 65.2 cm³/mol. The van der Waals surface area contributed by atoms with E-state index in [1.54, 1.807) is 0 Å². The molecule has 1 aromatic rings. The van der Waals surface area contributed by atoms with E-state index < -0.39 is 42.7 Å². The van der Waals surface area contributed by atoms with Gasteiger partial charge in [-0.15, -0.1) is 0 Å². The van der Waals surface area contributed by atoms with Crippen molar-refractivity contribution >= 4 is 5.91 Å². The highest BCUT2D eigenvalue weighted by molar-refractivity contribution is 5.84. The number of rotatable bonds is 6. The van der Waals surface area contributed by atoms with Gasteiger partial charge >= 0.3 is 30.2 Å². The van der Waals surface area contributed by atoms with E-state index in [1.165, 1.54) is 30.3 Å². The summed E-state index contributed by atoms with van der Waals surface area (Å²) in [6.07, 6.45) is -20.9. The second kappa shape index (κ2) is 7.13. The monoisotopic (exact) mass is 419 g/mol. The zero-order valence-electron chi connectivity index (χ0n) is 12.6. The molecule has 0 bridgehead atoms. The van der Waals surface area contributed by atoms with Gasteiger partial charge in [-0.25, -0.2) is 0 Å². The third-order valence-corrected chi connectivity index (χ3v) is 2.94. The predicted octanol–water partition coefficient (Wildman–Crippen LogP) is 4.34. The van der Waals surface area contributed by atoms with Gasteiger partial charge in [0.2, 0.25) is 0 Å². The van der Waals surface area contributed by atoms with E-state index in [4.69, 9.17) is 0 Å².